The fraction of sp³-hybridized carbons (Fsp3) is 0.471. The van der Waals surface area contributed by atoms with Crippen LogP contribution in [-0.2, 0) is 6.54 Å². The van der Waals surface area contributed by atoms with Crippen molar-refractivity contribution < 1.29 is 5.11 Å². The van der Waals surface area contributed by atoms with E-state index in [-0.39, 0.29) is 6.61 Å². The summed E-state index contributed by atoms with van der Waals surface area (Å²) in [6.45, 7) is 5.96. The molecule has 4 nitrogen and oxygen atoms in total. The van der Waals surface area contributed by atoms with Crippen LogP contribution in [-0.4, -0.2) is 39.0 Å². The third kappa shape index (κ3) is 3.19. The normalized spacial score (nSPS) is 14.8. The summed E-state index contributed by atoms with van der Waals surface area (Å²) in [5.41, 5.74) is 4.49. The lowest BCUT2D eigenvalue weighted by Gasteiger charge is -2.21. The lowest BCUT2D eigenvalue weighted by molar-refractivity contribution is 0.183. The number of aliphatic hydroxyl groups excluding tert-OH is 1. The molecule has 2 aromatic rings. The van der Waals surface area contributed by atoms with Crippen LogP contribution in [0.2, 0.25) is 5.02 Å². The van der Waals surface area contributed by atoms with Crippen molar-refractivity contribution in [1.82, 2.24) is 14.7 Å². The summed E-state index contributed by atoms with van der Waals surface area (Å²) in [5.74, 6) is 0. The number of benzene rings is 1. The second kappa shape index (κ2) is 6.41. The van der Waals surface area contributed by atoms with Gasteiger partial charge in [0, 0.05) is 35.4 Å². The molecular formula is C17H22ClN3O. The van der Waals surface area contributed by atoms with Crippen molar-refractivity contribution >= 4 is 11.6 Å². The Hall–Kier alpha value is -1.36. The van der Waals surface area contributed by atoms with E-state index >= 15 is 0 Å². The summed E-state index contributed by atoms with van der Waals surface area (Å²) in [4.78, 5) is 2.36. The Kier molecular flexibility index (Phi) is 4.52. The van der Waals surface area contributed by atoms with Gasteiger partial charge in [0.1, 0.15) is 0 Å². The summed E-state index contributed by atoms with van der Waals surface area (Å²) >= 11 is 5.96. The fourth-order valence-electron chi connectivity index (χ4n) is 2.90. The molecule has 1 fully saturated rings. The Balaban J connectivity index is 1.87. The van der Waals surface area contributed by atoms with Crippen LogP contribution < -0.4 is 0 Å². The van der Waals surface area contributed by atoms with E-state index in [2.05, 4.69) is 23.8 Å². The molecule has 3 rings (SSSR count). The van der Waals surface area contributed by atoms with Crippen LogP contribution in [0, 0.1) is 13.8 Å². The van der Waals surface area contributed by atoms with E-state index in [0.29, 0.717) is 6.04 Å². The van der Waals surface area contributed by atoms with Crippen molar-refractivity contribution in [2.45, 2.75) is 39.3 Å². The molecule has 0 saturated heterocycles. The van der Waals surface area contributed by atoms with Crippen molar-refractivity contribution in [2.24, 2.45) is 0 Å². The number of aromatic nitrogens is 2. The molecule has 0 atom stereocenters. The standard InChI is InChI=1S/C17H22ClN3O/c1-12-17(11-20(9-10-22)15-7-8-15)13(2)21(19-12)16-5-3-14(18)4-6-16/h3-6,15,22H,7-11H2,1-2H3. The average molecular weight is 320 g/mol. The lowest BCUT2D eigenvalue weighted by atomic mass is 10.1. The summed E-state index contributed by atoms with van der Waals surface area (Å²) < 4.78 is 1.98. The van der Waals surface area contributed by atoms with Gasteiger partial charge >= 0.3 is 0 Å². The maximum atomic E-state index is 9.26. The second-order valence-corrected chi connectivity index (χ2v) is 6.40. The van der Waals surface area contributed by atoms with Crippen LogP contribution in [0.25, 0.3) is 5.69 Å². The number of hydrogen-bond acceptors (Lipinski definition) is 3. The van der Waals surface area contributed by atoms with E-state index in [1.54, 1.807) is 0 Å². The molecule has 5 heteroatoms. The van der Waals surface area contributed by atoms with Gasteiger partial charge in [-0.1, -0.05) is 11.6 Å². The zero-order valence-electron chi connectivity index (χ0n) is 13.1. The molecule has 0 radical (unpaired) electrons. The number of rotatable bonds is 6. The van der Waals surface area contributed by atoms with Crippen LogP contribution in [0.5, 0.6) is 0 Å². The van der Waals surface area contributed by atoms with Crippen LogP contribution in [0.4, 0.5) is 0 Å². The van der Waals surface area contributed by atoms with Crippen LogP contribution in [0.15, 0.2) is 24.3 Å². The van der Waals surface area contributed by atoms with Gasteiger partial charge in [0.2, 0.25) is 0 Å². The summed E-state index contributed by atoms with van der Waals surface area (Å²) in [6, 6.07) is 8.37. The predicted molar refractivity (Wildman–Crippen MR) is 88.6 cm³/mol. The Morgan fingerprint density at radius 2 is 1.95 bits per heavy atom. The number of aryl methyl sites for hydroxylation is 1. The highest BCUT2D eigenvalue weighted by molar-refractivity contribution is 6.30. The summed E-state index contributed by atoms with van der Waals surface area (Å²) in [6.07, 6.45) is 2.48. The first kappa shape index (κ1) is 15.5. The highest BCUT2D eigenvalue weighted by Gasteiger charge is 2.29. The first-order valence-electron chi connectivity index (χ1n) is 7.76. The molecule has 1 aliphatic carbocycles. The van der Waals surface area contributed by atoms with Crippen molar-refractivity contribution in [3.63, 3.8) is 0 Å². The minimum atomic E-state index is 0.208. The SMILES string of the molecule is Cc1nn(-c2ccc(Cl)cc2)c(C)c1CN(CCO)C1CC1. The quantitative estimate of drug-likeness (QED) is 0.889. The van der Waals surface area contributed by atoms with E-state index in [4.69, 9.17) is 11.6 Å². The topological polar surface area (TPSA) is 41.3 Å². The molecule has 0 aliphatic heterocycles. The maximum Gasteiger partial charge on any atom is 0.0649 e. The zero-order valence-corrected chi connectivity index (χ0v) is 13.8. The zero-order chi connectivity index (χ0) is 15.7. The van der Waals surface area contributed by atoms with Gasteiger partial charge < -0.3 is 5.11 Å². The molecule has 1 aromatic carbocycles. The monoisotopic (exact) mass is 319 g/mol. The van der Waals surface area contributed by atoms with Gasteiger partial charge in [0.25, 0.3) is 0 Å². The molecular weight excluding hydrogens is 298 g/mol. The fourth-order valence-corrected chi connectivity index (χ4v) is 3.03. The molecule has 1 N–H and O–H groups in total. The predicted octanol–water partition coefficient (Wildman–Crippen LogP) is 3.10. The van der Waals surface area contributed by atoms with Crippen molar-refractivity contribution in [3.05, 3.63) is 46.2 Å². The molecule has 0 spiro atoms. The Morgan fingerprint density at radius 1 is 1.27 bits per heavy atom. The average Bonchev–Trinajstić information content (AvgIpc) is 3.30. The van der Waals surface area contributed by atoms with Gasteiger partial charge in [-0.2, -0.15) is 5.10 Å². The van der Waals surface area contributed by atoms with Gasteiger partial charge in [-0.25, -0.2) is 4.68 Å². The Morgan fingerprint density at radius 3 is 2.55 bits per heavy atom. The number of halogens is 1. The minimum Gasteiger partial charge on any atom is -0.395 e. The van der Waals surface area contributed by atoms with Gasteiger partial charge in [0.15, 0.2) is 0 Å². The molecule has 118 valence electrons. The first-order valence-corrected chi connectivity index (χ1v) is 8.14. The molecule has 1 aromatic heterocycles. The molecule has 0 amide bonds. The van der Waals surface area contributed by atoms with Gasteiger partial charge in [-0.05, 0) is 51.0 Å². The van der Waals surface area contributed by atoms with Crippen LogP contribution in [0.3, 0.4) is 0 Å². The Labute approximate surface area is 136 Å². The number of hydrogen-bond donors (Lipinski definition) is 1. The van der Waals surface area contributed by atoms with Crippen LogP contribution in [0.1, 0.15) is 29.8 Å². The van der Waals surface area contributed by atoms with Gasteiger partial charge in [0.05, 0.1) is 18.0 Å². The van der Waals surface area contributed by atoms with Crippen molar-refractivity contribution in [2.75, 3.05) is 13.2 Å². The molecule has 0 bridgehead atoms. The van der Waals surface area contributed by atoms with Gasteiger partial charge in [-0.15, -0.1) is 0 Å². The van der Waals surface area contributed by atoms with E-state index < -0.39 is 0 Å². The van der Waals surface area contributed by atoms with E-state index in [1.165, 1.54) is 18.4 Å². The molecule has 1 aliphatic rings. The molecule has 1 heterocycles. The lowest BCUT2D eigenvalue weighted by Crippen LogP contribution is -2.29. The smallest absolute Gasteiger partial charge is 0.0649 e. The molecule has 1 saturated carbocycles. The van der Waals surface area contributed by atoms with E-state index in [1.807, 2.05) is 28.9 Å². The maximum absolute atomic E-state index is 9.26. The number of nitrogens with zero attached hydrogens (tertiary/aromatic N) is 3. The van der Waals surface area contributed by atoms with Crippen molar-refractivity contribution in [1.29, 1.82) is 0 Å². The largest absolute Gasteiger partial charge is 0.395 e. The Bertz CT molecular complexity index is 647. The van der Waals surface area contributed by atoms with Gasteiger partial charge in [-0.3, -0.25) is 4.90 Å². The van der Waals surface area contributed by atoms with E-state index in [0.717, 1.165) is 35.2 Å². The third-order valence-corrected chi connectivity index (χ3v) is 4.58. The summed E-state index contributed by atoms with van der Waals surface area (Å²) in [7, 11) is 0. The third-order valence-electron chi connectivity index (χ3n) is 4.32. The minimum absolute atomic E-state index is 0.208. The molecule has 0 unspecified atom stereocenters. The second-order valence-electron chi connectivity index (χ2n) is 5.96. The highest BCUT2D eigenvalue weighted by atomic mass is 35.5. The van der Waals surface area contributed by atoms with Crippen molar-refractivity contribution in [3.8, 4) is 5.69 Å². The number of aliphatic hydroxyl groups is 1. The first-order chi connectivity index (χ1) is 10.6. The highest BCUT2D eigenvalue weighted by Crippen LogP contribution is 2.29. The summed E-state index contributed by atoms with van der Waals surface area (Å²) in [5, 5.41) is 14.7. The molecule has 22 heavy (non-hydrogen) atoms. The van der Waals surface area contributed by atoms with E-state index in [9.17, 15) is 5.11 Å². The van der Waals surface area contributed by atoms with Crippen LogP contribution >= 0.6 is 11.6 Å².